The molecule has 0 aromatic heterocycles. The summed E-state index contributed by atoms with van der Waals surface area (Å²) in [6, 6.07) is 30.5. The lowest BCUT2D eigenvalue weighted by Gasteiger charge is -2.08. The van der Waals surface area contributed by atoms with Crippen LogP contribution in [0.3, 0.4) is 0 Å². The molecule has 0 atom stereocenters. The summed E-state index contributed by atoms with van der Waals surface area (Å²) in [7, 11) is 0. The van der Waals surface area contributed by atoms with Crippen LogP contribution in [0.5, 0.6) is 11.5 Å². The molecule has 8 heteroatoms. The average Bonchev–Trinajstić information content (AvgIpc) is 2.99. The summed E-state index contributed by atoms with van der Waals surface area (Å²) in [4.78, 5) is 48.6. The van der Waals surface area contributed by atoms with Gasteiger partial charge in [-0.05, 0) is 59.7 Å². The summed E-state index contributed by atoms with van der Waals surface area (Å²) in [5.74, 6) is -1.19. The molecule has 0 saturated carbocycles. The van der Waals surface area contributed by atoms with Gasteiger partial charge in [0.05, 0.1) is 24.0 Å². The first-order valence-corrected chi connectivity index (χ1v) is 12.5. The van der Waals surface area contributed by atoms with Gasteiger partial charge >= 0.3 is 23.9 Å². The maximum Gasteiger partial charge on any atom is 0.343 e. The molecule has 0 aliphatic carbocycles. The van der Waals surface area contributed by atoms with Crippen LogP contribution in [-0.2, 0) is 32.3 Å². The van der Waals surface area contributed by atoms with Crippen LogP contribution in [-0.4, -0.2) is 23.9 Å². The highest BCUT2D eigenvalue weighted by molar-refractivity contribution is 5.91. The van der Waals surface area contributed by atoms with E-state index >= 15 is 0 Å². The maximum absolute atomic E-state index is 12.2. The van der Waals surface area contributed by atoms with E-state index in [1.165, 1.54) is 0 Å². The van der Waals surface area contributed by atoms with E-state index in [1.54, 1.807) is 97.1 Å². The van der Waals surface area contributed by atoms with Crippen molar-refractivity contribution in [3.8, 4) is 11.5 Å². The minimum absolute atomic E-state index is 0.000942. The molecular weight excluding hydrogens is 512 g/mol. The highest BCUT2D eigenvalue weighted by atomic mass is 16.5. The van der Waals surface area contributed by atoms with Crippen molar-refractivity contribution in [2.45, 2.75) is 26.1 Å². The Bertz CT molecular complexity index is 1320. The zero-order valence-electron chi connectivity index (χ0n) is 21.5. The van der Waals surface area contributed by atoms with Gasteiger partial charge in [-0.3, -0.25) is 9.59 Å². The number of benzene rings is 4. The number of esters is 4. The van der Waals surface area contributed by atoms with Gasteiger partial charge in [0.1, 0.15) is 24.7 Å². The van der Waals surface area contributed by atoms with Gasteiger partial charge in [-0.2, -0.15) is 0 Å². The van der Waals surface area contributed by atoms with Crippen LogP contribution >= 0.6 is 0 Å². The highest BCUT2D eigenvalue weighted by Crippen LogP contribution is 2.15. The minimum atomic E-state index is -0.550. The second kappa shape index (κ2) is 14.1. The maximum atomic E-state index is 12.2. The summed E-state index contributed by atoms with van der Waals surface area (Å²) in [5, 5.41) is 0. The first-order valence-electron chi connectivity index (χ1n) is 12.5. The van der Waals surface area contributed by atoms with Crippen molar-refractivity contribution in [2.24, 2.45) is 0 Å². The Balaban J connectivity index is 1.13. The van der Waals surface area contributed by atoms with Crippen LogP contribution in [0.2, 0.25) is 0 Å². The zero-order valence-corrected chi connectivity index (χ0v) is 21.5. The fourth-order valence-electron chi connectivity index (χ4n) is 3.46. The number of hydrogen-bond acceptors (Lipinski definition) is 8. The predicted molar refractivity (Wildman–Crippen MR) is 145 cm³/mol. The van der Waals surface area contributed by atoms with E-state index in [0.717, 1.165) is 0 Å². The van der Waals surface area contributed by atoms with Gasteiger partial charge in [-0.1, -0.05) is 60.7 Å². The summed E-state index contributed by atoms with van der Waals surface area (Å²) in [5.41, 5.74) is 2.10. The fraction of sp³-hybridized carbons (Fsp3) is 0.125. The van der Waals surface area contributed by atoms with E-state index in [1.807, 2.05) is 12.1 Å². The van der Waals surface area contributed by atoms with Crippen molar-refractivity contribution in [2.75, 3.05) is 0 Å². The van der Waals surface area contributed by atoms with Gasteiger partial charge in [0.15, 0.2) is 0 Å². The Morgan fingerprint density at radius 2 is 0.800 bits per heavy atom. The molecule has 8 nitrogen and oxygen atoms in total. The molecule has 0 unspecified atom stereocenters. The number of hydrogen-bond donors (Lipinski definition) is 0. The third kappa shape index (κ3) is 8.66. The molecule has 0 heterocycles. The summed E-state index contributed by atoms with van der Waals surface area (Å²) < 4.78 is 21.0. The average molecular weight is 539 g/mol. The largest absolute Gasteiger partial charge is 0.461 e. The molecule has 40 heavy (non-hydrogen) atoms. The number of carbonyl (C=O) groups is 4. The van der Waals surface area contributed by atoms with E-state index in [2.05, 4.69) is 0 Å². The monoisotopic (exact) mass is 538 g/mol. The highest BCUT2D eigenvalue weighted by Gasteiger charge is 2.12. The second-order valence-electron chi connectivity index (χ2n) is 8.62. The van der Waals surface area contributed by atoms with E-state index in [0.29, 0.717) is 33.8 Å². The van der Waals surface area contributed by atoms with Crippen LogP contribution < -0.4 is 9.47 Å². The van der Waals surface area contributed by atoms with Crippen molar-refractivity contribution in [1.29, 1.82) is 0 Å². The molecule has 0 spiro atoms. The van der Waals surface area contributed by atoms with Crippen LogP contribution in [0.1, 0.15) is 44.7 Å². The Hall–Kier alpha value is -5.24. The minimum Gasteiger partial charge on any atom is -0.461 e. The molecule has 4 aromatic carbocycles. The molecule has 202 valence electrons. The number of carbonyl (C=O) groups excluding carboxylic acids is 4. The lowest BCUT2D eigenvalue weighted by atomic mass is 10.1. The summed E-state index contributed by atoms with van der Waals surface area (Å²) in [6.45, 7) is 0.00188. The molecule has 0 fully saturated rings. The van der Waals surface area contributed by atoms with Crippen LogP contribution in [0, 0.1) is 0 Å². The van der Waals surface area contributed by atoms with Gasteiger partial charge in [0.2, 0.25) is 0 Å². The van der Waals surface area contributed by atoms with Crippen molar-refractivity contribution >= 4 is 23.9 Å². The standard InChI is InChI=1S/C32H26O8/c33-29(37-21-23-11-15-25(16-12-23)31(35)39-27-7-3-1-4-8-27)19-20-30(34)38-22-24-13-17-26(18-14-24)32(36)40-28-9-5-2-6-10-28/h1-18H,19-22H2. The summed E-state index contributed by atoms with van der Waals surface area (Å²) in [6.07, 6.45) is -0.269. The number of para-hydroxylation sites is 2. The topological polar surface area (TPSA) is 105 Å². The SMILES string of the molecule is O=C(CCC(=O)OCc1ccc(C(=O)Oc2ccccc2)cc1)OCc1ccc(C(=O)Oc2ccccc2)cc1. The number of rotatable bonds is 11. The molecule has 0 N–H and O–H groups in total. The molecule has 0 amide bonds. The normalized spacial score (nSPS) is 10.3. The lowest BCUT2D eigenvalue weighted by Crippen LogP contribution is -2.11. The molecular formula is C32H26O8. The molecule has 0 aliphatic heterocycles. The summed E-state index contributed by atoms with van der Waals surface area (Å²) >= 11 is 0. The second-order valence-corrected chi connectivity index (χ2v) is 8.62. The predicted octanol–water partition coefficient (Wildman–Crippen LogP) is 5.69. The van der Waals surface area contributed by atoms with Crippen LogP contribution in [0.4, 0.5) is 0 Å². The quantitative estimate of drug-likeness (QED) is 0.177. The Kier molecular flexibility index (Phi) is 9.77. The smallest absolute Gasteiger partial charge is 0.343 e. The van der Waals surface area contributed by atoms with Gasteiger partial charge in [-0.25, -0.2) is 9.59 Å². The van der Waals surface area contributed by atoms with Crippen LogP contribution in [0.15, 0.2) is 109 Å². The van der Waals surface area contributed by atoms with Gasteiger partial charge in [0.25, 0.3) is 0 Å². The number of ether oxygens (including phenoxy) is 4. The molecule has 0 radical (unpaired) electrons. The zero-order chi connectivity index (χ0) is 28.2. The van der Waals surface area contributed by atoms with Gasteiger partial charge in [-0.15, -0.1) is 0 Å². The third-order valence-corrected chi connectivity index (χ3v) is 5.62. The van der Waals surface area contributed by atoms with Crippen LogP contribution in [0.25, 0.3) is 0 Å². The van der Waals surface area contributed by atoms with E-state index < -0.39 is 23.9 Å². The van der Waals surface area contributed by atoms with Gasteiger partial charge in [0, 0.05) is 0 Å². The fourth-order valence-corrected chi connectivity index (χ4v) is 3.46. The molecule has 0 bridgehead atoms. The van der Waals surface area contributed by atoms with E-state index in [9.17, 15) is 19.2 Å². The first kappa shape index (κ1) is 27.8. The third-order valence-electron chi connectivity index (χ3n) is 5.62. The van der Waals surface area contributed by atoms with E-state index in [-0.39, 0.29) is 26.1 Å². The Labute approximate surface area is 231 Å². The Morgan fingerprint density at radius 1 is 0.450 bits per heavy atom. The van der Waals surface area contributed by atoms with Gasteiger partial charge < -0.3 is 18.9 Å². The van der Waals surface area contributed by atoms with Crippen molar-refractivity contribution < 1.29 is 38.1 Å². The Morgan fingerprint density at radius 3 is 1.15 bits per heavy atom. The molecule has 4 aromatic rings. The van der Waals surface area contributed by atoms with Crippen molar-refractivity contribution in [3.05, 3.63) is 131 Å². The van der Waals surface area contributed by atoms with E-state index in [4.69, 9.17) is 18.9 Å². The first-order chi connectivity index (χ1) is 19.5. The molecule has 4 rings (SSSR count). The molecule has 0 saturated heterocycles. The van der Waals surface area contributed by atoms with Crippen molar-refractivity contribution in [1.82, 2.24) is 0 Å². The van der Waals surface area contributed by atoms with Crippen molar-refractivity contribution in [3.63, 3.8) is 0 Å². The molecule has 0 aliphatic rings. The lowest BCUT2D eigenvalue weighted by molar-refractivity contribution is -0.151.